The Bertz CT molecular complexity index is 1620. The predicted molar refractivity (Wildman–Crippen MR) is 148 cm³/mol. The molecule has 4 aromatic rings. The Balaban J connectivity index is 1.80. The third-order valence-electron chi connectivity index (χ3n) is 6.92. The van der Waals surface area contributed by atoms with Crippen molar-refractivity contribution in [3.8, 4) is 16.9 Å². The Morgan fingerprint density at radius 1 is 1.11 bits per heavy atom. The Morgan fingerprint density at radius 2 is 1.79 bits per heavy atom. The Labute approximate surface area is 227 Å². The number of aryl methyl sites for hydroxylation is 2. The van der Waals surface area contributed by atoms with Crippen LogP contribution in [0.3, 0.4) is 0 Å². The van der Waals surface area contributed by atoms with Gasteiger partial charge in [-0.05, 0) is 64.3 Å². The van der Waals surface area contributed by atoms with Crippen LogP contribution in [-0.2, 0) is 16.1 Å². The number of rotatable bonds is 6. The van der Waals surface area contributed by atoms with Gasteiger partial charge in [0.1, 0.15) is 0 Å². The Kier molecular flexibility index (Phi) is 5.49. The molecule has 0 amide bonds. The number of anilines is 2. The van der Waals surface area contributed by atoms with Gasteiger partial charge in [0, 0.05) is 29.7 Å². The maximum absolute atomic E-state index is 12.9. The number of aliphatic carboxylic acids is 1. The van der Waals surface area contributed by atoms with E-state index in [4.69, 9.17) is 13.6 Å². The molecule has 0 aliphatic carbocycles. The topological polar surface area (TPSA) is 89.7 Å². The molecule has 1 N–H and O–H groups in total. The highest BCUT2D eigenvalue weighted by Gasteiger charge is 2.36. The SMILES string of the molecule is [2H]C([2H])([2H])Oc1cnc(N2CCn3c(C)cc4c(-c5ccc(C)cc5)c([C@H](OC(C)(C)C)C(=O)O)c(C)c2c43)nc1. The van der Waals surface area contributed by atoms with Gasteiger partial charge in [0.05, 0.1) is 40.3 Å². The maximum atomic E-state index is 12.9. The fourth-order valence-corrected chi connectivity index (χ4v) is 5.34. The summed E-state index contributed by atoms with van der Waals surface area (Å²) in [5.41, 5.74) is 6.22. The fraction of sp³-hybridized carbons (Fsp3) is 0.367. The molecule has 2 aromatic heterocycles. The zero-order valence-corrected chi connectivity index (χ0v) is 22.5. The van der Waals surface area contributed by atoms with Crippen LogP contribution in [0.4, 0.5) is 11.6 Å². The summed E-state index contributed by atoms with van der Waals surface area (Å²) in [6.07, 6.45) is 1.44. The van der Waals surface area contributed by atoms with Gasteiger partial charge < -0.3 is 24.0 Å². The first-order valence-corrected chi connectivity index (χ1v) is 12.6. The molecule has 0 fully saturated rings. The van der Waals surface area contributed by atoms with Gasteiger partial charge in [-0.2, -0.15) is 0 Å². The number of carbonyl (C=O) groups is 1. The molecule has 1 atom stereocenters. The van der Waals surface area contributed by atoms with E-state index in [0.717, 1.165) is 44.5 Å². The minimum atomic E-state index is -2.61. The van der Waals surface area contributed by atoms with Crippen LogP contribution in [-0.4, -0.2) is 44.8 Å². The van der Waals surface area contributed by atoms with Gasteiger partial charge >= 0.3 is 5.97 Å². The van der Waals surface area contributed by atoms with E-state index in [1.165, 1.54) is 12.4 Å². The number of aromatic nitrogens is 3. The van der Waals surface area contributed by atoms with Crippen molar-refractivity contribution in [3.05, 3.63) is 65.1 Å². The van der Waals surface area contributed by atoms with Crippen molar-refractivity contribution in [2.45, 2.75) is 59.8 Å². The molecule has 0 spiro atoms. The van der Waals surface area contributed by atoms with Crippen molar-refractivity contribution in [1.29, 1.82) is 0 Å². The van der Waals surface area contributed by atoms with E-state index >= 15 is 0 Å². The zero-order valence-electron chi connectivity index (χ0n) is 25.5. The van der Waals surface area contributed by atoms with E-state index < -0.39 is 24.7 Å². The summed E-state index contributed by atoms with van der Waals surface area (Å²) in [4.78, 5) is 23.7. The van der Waals surface area contributed by atoms with Crippen LogP contribution in [0.15, 0.2) is 42.7 Å². The molecule has 0 bridgehead atoms. The molecule has 3 heterocycles. The van der Waals surface area contributed by atoms with E-state index in [-0.39, 0.29) is 5.75 Å². The first kappa shape index (κ1) is 22.1. The summed E-state index contributed by atoms with van der Waals surface area (Å²) in [5, 5.41) is 11.4. The quantitative estimate of drug-likeness (QED) is 0.329. The van der Waals surface area contributed by atoms with Crippen LogP contribution in [0.1, 0.15) is 53.4 Å². The number of methoxy groups -OCH3 is 1. The lowest BCUT2D eigenvalue weighted by molar-refractivity contribution is -0.160. The summed E-state index contributed by atoms with van der Waals surface area (Å²) in [5.74, 6) is -0.689. The summed E-state index contributed by atoms with van der Waals surface area (Å²) in [6, 6.07) is 10.2. The zero-order chi connectivity index (χ0) is 29.9. The first-order chi connectivity index (χ1) is 19.1. The van der Waals surface area contributed by atoms with Crippen LogP contribution < -0.4 is 9.64 Å². The summed E-state index contributed by atoms with van der Waals surface area (Å²) < 4.78 is 35.5. The lowest BCUT2D eigenvalue weighted by Gasteiger charge is -2.34. The van der Waals surface area contributed by atoms with Gasteiger partial charge in [-0.3, -0.25) is 0 Å². The second-order valence-electron chi connectivity index (χ2n) is 10.7. The van der Waals surface area contributed by atoms with Crippen LogP contribution in [0.2, 0.25) is 0 Å². The molecule has 0 saturated heterocycles. The second-order valence-corrected chi connectivity index (χ2v) is 10.7. The number of hydrogen-bond donors (Lipinski definition) is 1. The van der Waals surface area contributed by atoms with Gasteiger partial charge in [0.2, 0.25) is 5.95 Å². The van der Waals surface area contributed by atoms with Gasteiger partial charge in [0.15, 0.2) is 11.9 Å². The molecule has 2 aromatic carbocycles. The molecule has 1 aliphatic rings. The monoisotopic (exact) mass is 517 g/mol. The van der Waals surface area contributed by atoms with Gasteiger partial charge in [-0.25, -0.2) is 14.8 Å². The highest BCUT2D eigenvalue weighted by molar-refractivity contribution is 6.08. The molecule has 5 rings (SSSR count). The predicted octanol–water partition coefficient (Wildman–Crippen LogP) is 6.12. The molecular formula is C30H34N4O4. The molecule has 38 heavy (non-hydrogen) atoms. The third kappa shape index (κ3) is 4.39. The largest absolute Gasteiger partial charge is 0.494 e. The van der Waals surface area contributed by atoms with Crippen LogP contribution in [0.5, 0.6) is 5.75 Å². The van der Waals surface area contributed by atoms with Crippen molar-refractivity contribution in [2.75, 3.05) is 18.5 Å². The van der Waals surface area contributed by atoms with Crippen LogP contribution in [0.25, 0.3) is 22.0 Å². The summed E-state index contributed by atoms with van der Waals surface area (Å²) in [7, 11) is -2.61. The minimum absolute atomic E-state index is 0.0341. The molecule has 198 valence electrons. The molecular weight excluding hydrogens is 480 g/mol. The van der Waals surface area contributed by atoms with E-state index in [1.54, 1.807) is 0 Å². The molecule has 8 nitrogen and oxygen atoms in total. The van der Waals surface area contributed by atoms with Crippen molar-refractivity contribution in [3.63, 3.8) is 0 Å². The van der Waals surface area contributed by atoms with E-state index in [1.807, 2.05) is 70.7 Å². The van der Waals surface area contributed by atoms with Crippen molar-refractivity contribution in [2.24, 2.45) is 0 Å². The highest BCUT2D eigenvalue weighted by atomic mass is 16.5. The maximum Gasteiger partial charge on any atom is 0.337 e. The number of nitrogens with zero attached hydrogens (tertiary/aromatic N) is 4. The van der Waals surface area contributed by atoms with E-state index in [0.29, 0.717) is 24.6 Å². The van der Waals surface area contributed by atoms with Gasteiger partial charge in [-0.1, -0.05) is 29.8 Å². The number of carboxylic acids is 1. The van der Waals surface area contributed by atoms with Crippen molar-refractivity contribution in [1.82, 2.24) is 14.5 Å². The molecule has 0 saturated carbocycles. The minimum Gasteiger partial charge on any atom is -0.494 e. The average Bonchev–Trinajstić information content (AvgIpc) is 3.20. The lowest BCUT2D eigenvalue weighted by Crippen LogP contribution is -2.32. The summed E-state index contributed by atoms with van der Waals surface area (Å²) in [6.45, 7) is 12.7. The molecule has 0 unspecified atom stereocenters. The highest BCUT2D eigenvalue weighted by Crippen LogP contribution is 2.49. The van der Waals surface area contributed by atoms with E-state index in [2.05, 4.69) is 20.6 Å². The number of carboxylic acid groups (broad SMARTS) is 1. The first-order valence-electron chi connectivity index (χ1n) is 14.1. The molecule has 8 heteroatoms. The van der Waals surface area contributed by atoms with Crippen LogP contribution >= 0.6 is 0 Å². The normalized spacial score (nSPS) is 15.6. The average molecular weight is 518 g/mol. The fourth-order valence-electron chi connectivity index (χ4n) is 5.34. The molecule has 1 aliphatic heterocycles. The van der Waals surface area contributed by atoms with Gasteiger partial charge in [-0.15, -0.1) is 0 Å². The van der Waals surface area contributed by atoms with Crippen LogP contribution in [0, 0.1) is 20.8 Å². The summed E-state index contributed by atoms with van der Waals surface area (Å²) >= 11 is 0. The number of ether oxygens (including phenoxy) is 2. The van der Waals surface area contributed by atoms with Crippen molar-refractivity contribution < 1.29 is 23.5 Å². The number of hydrogen-bond acceptors (Lipinski definition) is 6. The number of benzene rings is 2. The Morgan fingerprint density at radius 3 is 2.39 bits per heavy atom. The molecule has 0 radical (unpaired) electrons. The van der Waals surface area contributed by atoms with E-state index in [9.17, 15) is 9.90 Å². The lowest BCUT2D eigenvalue weighted by atomic mass is 9.87. The van der Waals surface area contributed by atoms with Gasteiger partial charge in [0.25, 0.3) is 0 Å². The van der Waals surface area contributed by atoms with Crippen molar-refractivity contribution >= 4 is 28.5 Å². The standard InChI is InChI=1S/C30H34N4O4/c1-17-8-10-20(11-9-17)24-22-14-18(2)33-12-13-34(29-31-15-21(37-7)16-32-29)25(26(22)33)19(3)23(24)27(28(35)36)38-30(4,5)6/h8-11,14-16,27H,12-13H2,1-7H3,(H,35,36)/t27-/m0/s1/i7D3. The second kappa shape index (κ2) is 9.44. The smallest absolute Gasteiger partial charge is 0.337 e. The third-order valence-corrected chi connectivity index (χ3v) is 6.92. The Hall–Kier alpha value is -3.91.